The van der Waals surface area contributed by atoms with Gasteiger partial charge in [-0.1, -0.05) is 32.0 Å². The molecule has 5 heteroatoms. The second-order valence-electron chi connectivity index (χ2n) is 4.89. The number of para-hydroxylation sites is 1. The monoisotopic (exact) mass is 301 g/mol. The van der Waals surface area contributed by atoms with Gasteiger partial charge in [0.05, 0.1) is 0 Å². The van der Waals surface area contributed by atoms with E-state index in [2.05, 4.69) is 0 Å². The Hall–Kier alpha value is -2.56. The normalized spacial score (nSPS) is 10.5. The third kappa shape index (κ3) is 3.36. The topological polar surface area (TPSA) is 70.8 Å². The second kappa shape index (κ2) is 6.93. The number of furan rings is 1. The average Bonchev–Trinajstić information content (AvgIpc) is 2.96. The molecule has 2 rings (SSSR count). The van der Waals surface area contributed by atoms with Crippen molar-refractivity contribution in [3.63, 3.8) is 0 Å². The summed E-state index contributed by atoms with van der Waals surface area (Å²) < 4.78 is 5.62. The van der Waals surface area contributed by atoms with E-state index in [-0.39, 0.29) is 5.76 Å². The van der Waals surface area contributed by atoms with Gasteiger partial charge < -0.3 is 9.52 Å². The molecule has 0 unspecified atom stereocenters. The summed E-state index contributed by atoms with van der Waals surface area (Å²) >= 11 is 0. The molecule has 0 saturated carbocycles. The Labute approximate surface area is 129 Å². The van der Waals surface area contributed by atoms with E-state index in [1.807, 2.05) is 19.9 Å². The van der Waals surface area contributed by atoms with Crippen molar-refractivity contribution in [1.82, 2.24) is 0 Å². The van der Waals surface area contributed by atoms with E-state index in [0.29, 0.717) is 12.1 Å². The van der Waals surface area contributed by atoms with E-state index in [4.69, 9.17) is 9.52 Å². The molecule has 0 bridgehead atoms. The number of hydrogen-bond donors (Lipinski definition) is 1. The standard InChI is InChI=1S/C17H19NO4/c1-3-12-10-15(22-14(12)4-2)17(21)18(11-16(19)20)13-8-6-5-7-9-13/h5-10H,3-4,11H2,1-2H3,(H,19,20). The molecule has 0 aliphatic heterocycles. The Morgan fingerprint density at radius 1 is 1.14 bits per heavy atom. The van der Waals surface area contributed by atoms with Crippen LogP contribution >= 0.6 is 0 Å². The van der Waals surface area contributed by atoms with Crippen LogP contribution in [0.4, 0.5) is 5.69 Å². The number of carbonyl (C=O) groups excluding carboxylic acids is 1. The minimum atomic E-state index is -1.07. The molecule has 2 aromatic rings. The molecular formula is C17H19NO4. The second-order valence-corrected chi connectivity index (χ2v) is 4.89. The fourth-order valence-corrected chi connectivity index (χ4v) is 2.33. The number of nitrogens with zero attached hydrogens (tertiary/aromatic N) is 1. The van der Waals surface area contributed by atoms with E-state index in [1.54, 1.807) is 30.3 Å². The van der Waals surface area contributed by atoms with Gasteiger partial charge >= 0.3 is 5.97 Å². The molecule has 116 valence electrons. The van der Waals surface area contributed by atoms with Crippen molar-refractivity contribution in [3.05, 3.63) is 53.5 Å². The van der Waals surface area contributed by atoms with Crippen molar-refractivity contribution in [2.45, 2.75) is 26.7 Å². The van der Waals surface area contributed by atoms with Crippen LogP contribution < -0.4 is 4.90 Å². The fourth-order valence-electron chi connectivity index (χ4n) is 2.33. The summed E-state index contributed by atoms with van der Waals surface area (Å²) in [5.74, 6) is -0.564. The summed E-state index contributed by atoms with van der Waals surface area (Å²) in [6.45, 7) is 3.54. The summed E-state index contributed by atoms with van der Waals surface area (Å²) in [4.78, 5) is 24.9. The fraction of sp³-hybridized carbons (Fsp3) is 0.294. The van der Waals surface area contributed by atoms with Crippen LogP contribution in [0.25, 0.3) is 0 Å². The van der Waals surface area contributed by atoms with Crippen LogP contribution in [0.1, 0.15) is 35.7 Å². The molecule has 1 heterocycles. The van der Waals surface area contributed by atoms with Gasteiger partial charge in [-0.05, 0) is 30.2 Å². The molecule has 0 atom stereocenters. The first-order valence-corrected chi connectivity index (χ1v) is 7.27. The van der Waals surface area contributed by atoms with E-state index >= 15 is 0 Å². The Morgan fingerprint density at radius 3 is 2.32 bits per heavy atom. The number of amides is 1. The number of rotatable bonds is 6. The Morgan fingerprint density at radius 2 is 1.82 bits per heavy atom. The van der Waals surface area contributed by atoms with Crippen molar-refractivity contribution in [2.75, 3.05) is 11.4 Å². The highest BCUT2D eigenvalue weighted by molar-refractivity contribution is 6.06. The molecular weight excluding hydrogens is 282 g/mol. The zero-order valence-corrected chi connectivity index (χ0v) is 12.7. The van der Waals surface area contributed by atoms with Crippen LogP contribution in [0.2, 0.25) is 0 Å². The van der Waals surface area contributed by atoms with Crippen LogP contribution in [0.3, 0.4) is 0 Å². The maximum atomic E-state index is 12.6. The highest BCUT2D eigenvalue weighted by atomic mass is 16.4. The molecule has 0 saturated heterocycles. The van der Waals surface area contributed by atoms with Crippen LogP contribution in [0.15, 0.2) is 40.8 Å². The van der Waals surface area contributed by atoms with Gasteiger partial charge in [0.2, 0.25) is 0 Å². The number of hydrogen-bond acceptors (Lipinski definition) is 3. The van der Waals surface area contributed by atoms with Crippen molar-refractivity contribution in [3.8, 4) is 0 Å². The lowest BCUT2D eigenvalue weighted by molar-refractivity contribution is -0.135. The molecule has 0 aliphatic rings. The van der Waals surface area contributed by atoms with Crippen LogP contribution in [0.5, 0.6) is 0 Å². The number of anilines is 1. The van der Waals surface area contributed by atoms with Gasteiger partial charge in [-0.25, -0.2) is 0 Å². The average molecular weight is 301 g/mol. The first-order chi connectivity index (χ1) is 10.6. The molecule has 22 heavy (non-hydrogen) atoms. The number of carboxylic acids is 1. The third-order valence-electron chi connectivity index (χ3n) is 3.42. The summed E-state index contributed by atoms with van der Waals surface area (Å²) in [6, 6.07) is 10.4. The predicted octanol–water partition coefficient (Wildman–Crippen LogP) is 3.14. The lowest BCUT2D eigenvalue weighted by atomic mass is 10.1. The number of carboxylic acid groups (broad SMARTS) is 1. The lowest BCUT2D eigenvalue weighted by Crippen LogP contribution is -2.35. The van der Waals surface area contributed by atoms with E-state index in [0.717, 1.165) is 17.7 Å². The maximum absolute atomic E-state index is 12.6. The zero-order chi connectivity index (χ0) is 16.1. The molecule has 1 aromatic carbocycles. The summed E-state index contributed by atoms with van der Waals surface area (Å²) in [5, 5.41) is 9.07. The summed E-state index contributed by atoms with van der Waals surface area (Å²) in [5.41, 5.74) is 1.51. The first kappa shape index (κ1) is 15.8. The van der Waals surface area contributed by atoms with Crippen LogP contribution in [-0.2, 0) is 17.6 Å². The maximum Gasteiger partial charge on any atom is 0.323 e. The van der Waals surface area contributed by atoms with Gasteiger partial charge in [0.1, 0.15) is 12.3 Å². The molecule has 1 amide bonds. The van der Waals surface area contributed by atoms with Gasteiger partial charge in [-0.2, -0.15) is 0 Å². The highest BCUT2D eigenvalue weighted by Gasteiger charge is 2.24. The van der Waals surface area contributed by atoms with Crippen molar-refractivity contribution in [2.24, 2.45) is 0 Å². The highest BCUT2D eigenvalue weighted by Crippen LogP contribution is 2.21. The quantitative estimate of drug-likeness (QED) is 0.889. The first-order valence-electron chi connectivity index (χ1n) is 7.27. The minimum Gasteiger partial charge on any atom is -0.480 e. The SMILES string of the molecule is CCc1cc(C(=O)N(CC(=O)O)c2ccccc2)oc1CC. The molecule has 0 spiro atoms. The van der Waals surface area contributed by atoms with Crippen molar-refractivity contribution >= 4 is 17.6 Å². The molecule has 0 radical (unpaired) electrons. The van der Waals surface area contributed by atoms with Crippen LogP contribution in [-0.4, -0.2) is 23.5 Å². The number of benzene rings is 1. The van der Waals surface area contributed by atoms with Gasteiger partial charge in [-0.3, -0.25) is 14.5 Å². The lowest BCUT2D eigenvalue weighted by Gasteiger charge is -2.19. The molecule has 1 N–H and O–H groups in total. The van der Waals surface area contributed by atoms with E-state index < -0.39 is 18.4 Å². The molecule has 0 aliphatic carbocycles. The molecule has 5 nitrogen and oxygen atoms in total. The van der Waals surface area contributed by atoms with Crippen LogP contribution in [0, 0.1) is 0 Å². The predicted molar refractivity (Wildman–Crippen MR) is 83.2 cm³/mol. The van der Waals surface area contributed by atoms with E-state index in [9.17, 15) is 9.59 Å². The Bertz CT molecular complexity index is 639. The van der Waals surface area contributed by atoms with Gasteiger partial charge in [0.15, 0.2) is 5.76 Å². The Kier molecular flexibility index (Phi) is 4.99. The number of aliphatic carboxylic acids is 1. The van der Waals surface area contributed by atoms with Crippen molar-refractivity contribution < 1.29 is 19.1 Å². The smallest absolute Gasteiger partial charge is 0.323 e. The van der Waals surface area contributed by atoms with Gasteiger partial charge in [0.25, 0.3) is 5.91 Å². The summed E-state index contributed by atoms with van der Waals surface area (Å²) in [7, 11) is 0. The van der Waals surface area contributed by atoms with Gasteiger partial charge in [-0.15, -0.1) is 0 Å². The zero-order valence-electron chi connectivity index (χ0n) is 12.7. The minimum absolute atomic E-state index is 0.179. The Balaban J connectivity index is 2.37. The van der Waals surface area contributed by atoms with E-state index in [1.165, 1.54) is 4.90 Å². The number of carbonyl (C=O) groups is 2. The van der Waals surface area contributed by atoms with Gasteiger partial charge in [0, 0.05) is 12.1 Å². The van der Waals surface area contributed by atoms with Crippen molar-refractivity contribution in [1.29, 1.82) is 0 Å². The largest absolute Gasteiger partial charge is 0.480 e. The third-order valence-corrected chi connectivity index (χ3v) is 3.42. The summed E-state index contributed by atoms with van der Waals surface area (Å²) in [6.07, 6.45) is 1.46. The molecule has 1 aromatic heterocycles. The molecule has 0 fully saturated rings. The number of aryl methyl sites for hydroxylation is 2.